The third-order valence-corrected chi connectivity index (χ3v) is 6.27. The molecule has 36 heavy (non-hydrogen) atoms. The van der Waals surface area contributed by atoms with Crippen molar-refractivity contribution < 1.29 is 23.2 Å². The number of nitrogens with one attached hydrogen (secondary N) is 1. The molecule has 4 heterocycles. The van der Waals surface area contributed by atoms with Crippen LogP contribution in [0, 0.1) is 5.82 Å². The van der Waals surface area contributed by atoms with Crippen LogP contribution in [0.1, 0.15) is 12.7 Å². The van der Waals surface area contributed by atoms with Crippen LogP contribution in [-0.2, 0) is 16.1 Å². The zero-order valence-electron chi connectivity index (χ0n) is 19.9. The number of hydrogen-bond acceptors (Lipinski definition) is 8. The molecule has 0 unspecified atom stereocenters. The highest BCUT2D eigenvalue weighted by atomic mass is 19.1. The van der Waals surface area contributed by atoms with Gasteiger partial charge in [0.25, 0.3) is 0 Å². The number of ether oxygens (including phenoxy) is 1. The summed E-state index contributed by atoms with van der Waals surface area (Å²) in [7, 11) is 0. The minimum atomic E-state index is -0.551. The monoisotopic (exact) mass is 494 g/mol. The zero-order chi connectivity index (χ0) is 25.1. The smallest absolute Gasteiger partial charge is 0.414 e. The van der Waals surface area contributed by atoms with Crippen molar-refractivity contribution in [2.24, 2.45) is 0 Å². The van der Waals surface area contributed by atoms with E-state index in [2.05, 4.69) is 20.4 Å². The van der Waals surface area contributed by atoms with Crippen LogP contribution in [0.15, 0.2) is 53.2 Å². The minimum absolute atomic E-state index is 0.199. The molecule has 1 aromatic carbocycles. The lowest BCUT2D eigenvalue weighted by Crippen LogP contribution is -2.46. The first-order valence-corrected chi connectivity index (χ1v) is 11.8. The highest BCUT2D eigenvalue weighted by molar-refractivity contribution is 5.90. The Kier molecular flexibility index (Phi) is 6.81. The summed E-state index contributed by atoms with van der Waals surface area (Å²) in [6.45, 7) is 5.28. The maximum atomic E-state index is 15.1. The Bertz CT molecular complexity index is 1230. The van der Waals surface area contributed by atoms with E-state index in [1.807, 2.05) is 29.2 Å². The van der Waals surface area contributed by atoms with Crippen molar-refractivity contribution in [1.82, 2.24) is 20.4 Å². The summed E-state index contributed by atoms with van der Waals surface area (Å²) in [5.41, 5.74) is 2.40. The van der Waals surface area contributed by atoms with Gasteiger partial charge in [-0.15, -0.1) is 0 Å². The number of rotatable bonds is 7. The van der Waals surface area contributed by atoms with Crippen LogP contribution in [-0.4, -0.2) is 72.4 Å². The Hall–Kier alpha value is -3.99. The lowest BCUT2D eigenvalue weighted by atomic mass is 10.2. The van der Waals surface area contributed by atoms with E-state index in [-0.39, 0.29) is 19.0 Å². The maximum Gasteiger partial charge on any atom is 0.414 e. The van der Waals surface area contributed by atoms with Gasteiger partial charge in [-0.2, -0.15) is 0 Å². The van der Waals surface area contributed by atoms with E-state index in [0.717, 1.165) is 24.5 Å². The predicted molar refractivity (Wildman–Crippen MR) is 130 cm³/mol. The van der Waals surface area contributed by atoms with Gasteiger partial charge in [-0.1, -0.05) is 11.2 Å². The molecule has 1 N–H and O–H groups in total. The number of benzene rings is 1. The van der Waals surface area contributed by atoms with Crippen molar-refractivity contribution in [3.05, 3.63) is 60.2 Å². The number of cyclic esters (lactones) is 1. The van der Waals surface area contributed by atoms with Gasteiger partial charge in [-0.25, -0.2) is 9.18 Å². The third kappa shape index (κ3) is 5.30. The molecule has 1 atom stereocenters. The van der Waals surface area contributed by atoms with Gasteiger partial charge < -0.3 is 19.5 Å². The summed E-state index contributed by atoms with van der Waals surface area (Å²) in [6, 6.07) is 12.3. The van der Waals surface area contributed by atoms with Gasteiger partial charge in [0.2, 0.25) is 5.91 Å². The van der Waals surface area contributed by atoms with E-state index in [0.29, 0.717) is 36.7 Å². The second kappa shape index (κ2) is 10.3. The molecular formula is C25H27FN6O4. The Morgan fingerprint density at radius 1 is 1.14 bits per heavy atom. The van der Waals surface area contributed by atoms with Crippen LogP contribution in [0.2, 0.25) is 0 Å². The molecule has 5 rings (SSSR count). The van der Waals surface area contributed by atoms with Gasteiger partial charge >= 0.3 is 6.09 Å². The molecule has 188 valence electrons. The van der Waals surface area contributed by atoms with Crippen LogP contribution in [0.3, 0.4) is 0 Å². The number of piperazine rings is 1. The highest BCUT2D eigenvalue weighted by Crippen LogP contribution is 2.29. The zero-order valence-corrected chi connectivity index (χ0v) is 19.9. The van der Waals surface area contributed by atoms with Gasteiger partial charge in [-0.05, 0) is 30.3 Å². The van der Waals surface area contributed by atoms with Crippen molar-refractivity contribution in [3.63, 3.8) is 0 Å². The van der Waals surface area contributed by atoms with Crippen molar-refractivity contribution >= 4 is 23.4 Å². The first kappa shape index (κ1) is 23.7. The Morgan fingerprint density at radius 2 is 1.97 bits per heavy atom. The van der Waals surface area contributed by atoms with Crippen molar-refractivity contribution in [2.45, 2.75) is 19.6 Å². The fraction of sp³-hybridized carbons (Fsp3) is 0.360. The van der Waals surface area contributed by atoms with Gasteiger partial charge in [0.1, 0.15) is 17.6 Å². The SMILES string of the molecule is CC(=O)NC[C@H]1CN(c2ccc(N3CCN(Cc4cc(-c5ccccn5)no4)CC3)c(F)c2)C(=O)O1. The van der Waals surface area contributed by atoms with Gasteiger partial charge in [0.05, 0.1) is 36.7 Å². The number of hydrogen-bond donors (Lipinski definition) is 1. The van der Waals surface area contributed by atoms with Gasteiger partial charge in [0.15, 0.2) is 5.76 Å². The fourth-order valence-corrected chi connectivity index (χ4v) is 4.41. The topological polar surface area (TPSA) is 104 Å². The number of nitrogens with zero attached hydrogens (tertiary/aromatic N) is 5. The Labute approximate surface area is 207 Å². The summed E-state index contributed by atoms with van der Waals surface area (Å²) < 4.78 is 25.8. The fourth-order valence-electron chi connectivity index (χ4n) is 4.41. The quantitative estimate of drug-likeness (QED) is 0.535. The number of amides is 2. The third-order valence-electron chi connectivity index (χ3n) is 6.27. The lowest BCUT2D eigenvalue weighted by molar-refractivity contribution is -0.119. The summed E-state index contributed by atoms with van der Waals surface area (Å²) in [5.74, 6) is 0.165. The van der Waals surface area contributed by atoms with E-state index in [1.165, 1.54) is 17.9 Å². The van der Waals surface area contributed by atoms with Crippen LogP contribution in [0.5, 0.6) is 0 Å². The second-order valence-electron chi connectivity index (χ2n) is 8.85. The molecule has 0 saturated carbocycles. The molecule has 0 bridgehead atoms. The summed E-state index contributed by atoms with van der Waals surface area (Å²) in [4.78, 5) is 33.2. The first-order chi connectivity index (χ1) is 17.5. The molecule has 2 aliphatic rings. The van der Waals surface area contributed by atoms with E-state index in [9.17, 15) is 9.59 Å². The van der Waals surface area contributed by atoms with Crippen LogP contribution in [0.4, 0.5) is 20.6 Å². The maximum absolute atomic E-state index is 15.1. The Balaban J connectivity index is 1.16. The molecule has 2 aromatic heterocycles. The van der Waals surface area contributed by atoms with E-state index >= 15 is 4.39 Å². The van der Waals surface area contributed by atoms with Crippen molar-refractivity contribution in [3.8, 4) is 11.4 Å². The number of aromatic nitrogens is 2. The van der Waals surface area contributed by atoms with E-state index in [4.69, 9.17) is 9.26 Å². The lowest BCUT2D eigenvalue weighted by Gasteiger charge is -2.35. The minimum Gasteiger partial charge on any atom is -0.442 e. The Morgan fingerprint density at radius 3 is 2.69 bits per heavy atom. The van der Waals surface area contributed by atoms with Crippen LogP contribution >= 0.6 is 0 Å². The highest BCUT2D eigenvalue weighted by Gasteiger charge is 2.33. The molecule has 2 saturated heterocycles. The molecule has 3 aromatic rings. The summed E-state index contributed by atoms with van der Waals surface area (Å²) >= 11 is 0. The van der Waals surface area contributed by atoms with Crippen LogP contribution in [0.25, 0.3) is 11.4 Å². The number of halogens is 1. The first-order valence-electron chi connectivity index (χ1n) is 11.8. The van der Waals surface area contributed by atoms with Gasteiger partial charge in [0, 0.05) is 45.4 Å². The van der Waals surface area contributed by atoms with E-state index < -0.39 is 18.0 Å². The standard InChI is InChI=1S/C25H27FN6O4/c1-17(33)28-14-20-16-32(25(34)35-20)18-5-6-24(21(26)12-18)31-10-8-30(9-11-31)15-19-13-23(29-36-19)22-4-2-3-7-27-22/h2-7,12-13,20H,8-11,14-16H2,1H3,(H,28,33)/t20-/m0/s1. The molecule has 11 heteroatoms. The molecule has 10 nitrogen and oxygen atoms in total. The number of carbonyl (C=O) groups excluding carboxylic acids is 2. The van der Waals surface area contributed by atoms with Crippen LogP contribution < -0.4 is 15.1 Å². The summed E-state index contributed by atoms with van der Waals surface area (Å²) in [5, 5.41) is 6.75. The molecule has 0 radical (unpaired) electrons. The molecular weight excluding hydrogens is 467 g/mol. The van der Waals surface area contributed by atoms with E-state index in [1.54, 1.807) is 18.3 Å². The average Bonchev–Trinajstić information content (AvgIpc) is 3.50. The summed E-state index contributed by atoms with van der Waals surface area (Å²) in [6.07, 6.45) is 0.697. The van der Waals surface area contributed by atoms with Crippen molar-refractivity contribution in [2.75, 3.05) is 49.1 Å². The second-order valence-corrected chi connectivity index (χ2v) is 8.85. The van der Waals surface area contributed by atoms with Gasteiger partial charge in [-0.3, -0.25) is 19.6 Å². The molecule has 0 spiro atoms. The number of pyridine rings is 1. The molecule has 0 aliphatic carbocycles. The average molecular weight is 495 g/mol. The number of carbonyl (C=O) groups is 2. The molecule has 2 aliphatic heterocycles. The molecule has 2 fully saturated rings. The normalized spacial score (nSPS) is 18.4. The number of anilines is 2. The molecule has 2 amide bonds. The largest absolute Gasteiger partial charge is 0.442 e. The van der Waals surface area contributed by atoms with Crippen molar-refractivity contribution in [1.29, 1.82) is 0 Å². The predicted octanol–water partition coefficient (Wildman–Crippen LogP) is 2.66.